The first-order valence-electron chi connectivity index (χ1n) is 10.1. The Hall–Kier alpha value is 0.628. The molecule has 0 aromatic heterocycles. The molecule has 10 heteroatoms. The first-order chi connectivity index (χ1) is 11.9. The maximum Gasteiger partial charge on any atom is 0.176 e. The highest BCUT2D eigenvalue weighted by molar-refractivity contribution is 6.91. The van der Waals surface area contributed by atoms with Gasteiger partial charge in [0.1, 0.15) is 29.9 Å². The van der Waals surface area contributed by atoms with Gasteiger partial charge in [-0.05, 0) is 0 Å². The van der Waals surface area contributed by atoms with Crippen molar-refractivity contribution >= 4 is 32.3 Å². The monoisotopic (exact) mass is 468 g/mol. The predicted octanol–water partition coefficient (Wildman–Crippen LogP) is 1.77. The predicted molar refractivity (Wildman–Crippen MR) is 125 cm³/mol. The minimum Gasteiger partial charge on any atom is -0.394 e. The SMILES string of the molecule is C[Si](C)(C)[C@@]1(O)[C@](O)([Si](C)(C)C)[C@](O)([Si](C)(C)C)[C@@H](CO)O[C@@]1(O)[Si](C)(C)C. The Morgan fingerprint density at radius 1 is 0.607 bits per heavy atom. The molecule has 1 saturated heterocycles. The zero-order chi connectivity index (χ0) is 23.0. The van der Waals surface area contributed by atoms with Gasteiger partial charge in [-0.1, -0.05) is 78.6 Å². The zero-order valence-corrected chi connectivity index (χ0v) is 23.9. The van der Waals surface area contributed by atoms with E-state index in [1.165, 1.54) is 0 Å². The summed E-state index contributed by atoms with van der Waals surface area (Å²) < 4.78 is 6.16. The molecule has 0 bridgehead atoms. The Morgan fingerprint density at radius 3 is 1.18 bits per heavy atom. The van der Waals surface area contributed by atoms with Gasteiger partial charge in [0.05, 0.1) is 30.8 Å². The van der Waals surface area contributed by atoms with Gasteiger partial charge in [0, 0.05) is 0 Å². The number of rotatable bonds is 5. The fraction of sp³-hybridized carbons (Fsp3) is 1.00. The van der Waals surface area contributed by atoms with Crippen LogP contribution in [0, 0.1) is 0 Å². The third-order valence-electron chi connectivity index (χ3n) is 6.84. The highest BCUT2D eigenvalue weighted by Crippen LogP contribution is 2.60. The third-order valence-corrected chi connectivity index (χ3v) is 18.9. The molecule has 5 N–H and O–H groups in total. The Labute approximate surface area is 175 Å². The Bertz CT molecular complexity index is 605. The van der Waals surface area contributed by atoms with Crippen LogP contribution >= 0.6 is 0 Å². The van der Waals surface area contributed by atoms with Crippen LogP contribution in [0.5, 0.6) is 0 Å². The molecule has 0 spiro atoms. The van der Waals surface area contributed by atoms with Gasteiger partial charge in [0.25, 0.3) is 0 Å². The second-order valence-electron chi connectivity index (χ2n) is 12.6. The molecule has 5 atom stereocenters. The van der Waals surface area contributed by atoms with Gasteiger partial charge in [-0.25, -0.2) is 0 Å². The van der Waals surface area contributed by atoms with Gasteiger partial charge in [-0.15, -0.1) is 0 Å². The van der Waals surface area contributed by atoms with Crippen LogP contribution in [0.3, 0.4) is 0 Å². The molecule has 1 aliphatic heterocycles. The van der Waals surface area contributed by atoms with Gasteiger partial charge >= 0.3 is 0 Å². The normalized spacial score (nSPS) is 41.2. The van der Waals surface area contributed by atoms with Gasteiger partial charge < -0.3 is 30.3 Å². The molecule has 0 aromatic rings. The smallest absolute Gasteiger partial charge is 0.176 e. The molecule has 1 rings (SSSR count). The van der Waals surface area contributed by atoms with Crippen molar-refractivity contribution < 1.29 is 30.3 Å². The lowest BCUT2D eigenvalue weighted by Gasteiger charge is -2.74. The van der Waals surface area contributed by atoms with Gasteiger partial charge in [0.15, 0.2) is 5.41 Å². The standard InChI is InChI=1S/C18H44O6Si4/c1-25(2,3)15(20)14(13-19)24-18(23,28(10,11)12)17(22,27(7,8)9)16(15,21)26(4,5)6/h14,19-23H,13H2,1-12H3/t14-,15-,16-,17+,18-/m1/s1. The van der Waals surface area contributed by atoms with Crippen LogP contribution in [-0.4, -0.2) is 91.6 Å². The highest BCUT2D eigenvalue weighted by Gasteiger charge is 2.85. The van der Waals surface area contributed by atoms with E-state index in [-0.39, 0.29) is 0 Å². The first-order valence-corrected chi connectivity index (χ1v) is 24.1. The van der Waals surface area contributed by atoms with E-state index in [2.05, 4.69) is 0 Å². The number of hydrogen-bond acceptors (Lipinski definition) is 6. The molecule has 0 radical (unpaired) electrons. The summed E-state index contributed by atoms with van der Waals surface area (Å²) in [6, 6.07) is 0. The molecule has 0 amide bonds. The van der Waals surface area contributed by atoms with E-state index in [4.69, 9.17) is 4.74 Å². The number of aliphatic hydroxyl groups is 5. The average Bonchev–Trinajstić information content (AvgIpc) is 2.43. The van der Waals surface area contributed by atoms with E-state index < -0.39 is 66.1 Å². The average molecular weight is 469 g/mol. The van der Waals surface area contributed by atoms with Crippen LogP contribution in [0.15, 0.2) is 0 Å². The first kappa shape index (κ1) is 26.7. The number of aliphatic hydroxyl groups excluding tert-OH is 1. The summed E-state index contributed by atoms with van der Waals surface area (Å²) in [5.74, 6) is 0. The molecule has 1 heterocycles. The summed E-state index contributed by atoms with van der Waals surface area (Å²) in [6.45, 7) is 22.3. The molecule has 28 heavy (non-hydrogen) atoms. The molecule has 1 fully saturated rings. The highest BCUT2D eigenvalue weighted by atomic mass is 28.3. The van der Waals surface area contributed by atoms with Crippen LogP contribution in [0.4, 0.5) is 0 Å². The number of hydrogen-bond donors (Lipinski definition) is 5. The van der Waals surface area contributed by atoms with Crippen molar-refractivity contribution in [3.8, 4) is 0 Å². The molecule has 0 aromatic carbocycles. The van der Waals surface area contributed by atoms with Crippen molar-refractivity contribution in [3.05, 3.63) is 0 Å². The largest absolute Gasteiger partial charge is 0.394 e. The van der Waals surface area contributed by atoms with Gasteiger partial charge in [0.2, 0.25) is 0 Å². The van der Waals surface area contributed by atoms with Crippen LogP contribution in [0.1, 0.15) is 0 Å². The molecule has 6 nitrogen and oxygen atoms in total. The van der Waals surface area contributed by atoms with E-state index in [1.54, 1.807) is 0 Å². The van der Waals surface area contributed by atoms with E-state index in [1.807, 2.05) is 78.6 Å². The number of ether oxygens (including phenoxy) is 1. The molecular weight excluding hydrogens is 425 g/mol. The van der Waals surface area contributed by atoms with Crippen molar-refractivity contribution in [1.82, 2.24) is 0 Å². The van der Waals surface area contributed by atoms with Crippen molar-refractivity contribution in [3.63, 3.8) is 0 Å². The summed E-state index contributed by atoms with van der Waals surface area (Å²) in [5, 5.41) is 53.8. The minimum absolute atomic E-state index is 0.540. The zero-order valence-electron chi connectivity index (χ0n) is 19.9. The fourth-order valence-corrected chi connectivity index (χ4v) is 21.3. The molecule has 0 unspecified atom stereocenters. The summed E-state index contributed by atoms with van der Waals surface area (Å²) in [4.78, 5) is 0. The van der Waals surface area contributed by atoms with Gasteiger partial charge in [-0.2, -0.15) is 0 Å². The molecular formula is C18H44O6Si4. The molecule has 168 valence electrons. The second-order valence-corrected chi connectivity index (χ2v) is 33.5. The van der Waals surface area contributed by atoms with Crippen LogP contribution in [0.2, 0.25) is 78.6 Å². The van der Waals surface area contributed by atoms with E-state index in [0.29, 0.717) is 0 Å². The maximum absolute atomic E-state index is 12.6. The lowest BCUT2D eigenvalue weighted by Crippen LogP contribution is -2.99. The van der Waals surface area contributed by atoms with E-state index in [0.717, 1.165) is 0 Å². The Morgan fingerprint density at radius 2 is 0.964 bits per heavy atom. The quantitative estimate of drug-likeness (QED) is 0.393. The Balaban J connectivity index is 4.30. The van der Waals surface area contributed by atoms with E-state index >= 15 is 0 Å². The lowest BCUT2D eigenvalue weighted by atomic mass is 9.95. The lowest BCUT2D eigenvalue weighted by molar-refractivity contribution is -0.361. The van der Waals surface area contributed by atoms with Crippen LogP contribution in [0.25, 0.3) is 0 Å². The van der Waals surface area contributed by atoms with Crippen molar-refractivity contribution in [1.29, 1.82) is 0 Å². The summed E-state index contributed by atoms with van der Waals surface area (Å²) in [6.07, 6.45) is -1.18. The summed E-state index contributed by atoms with van der Waals surface area (Å²) in [7, 11) is -11.0. The Kier molecular flexibility index (Phi) is 6.49. The topological polar surface area (TPSA) is 110 Å². The molecule has 1 aliphatic rings. The maximum atomic E-state index is 12.6. The fourth-order valence-electron chi connectivity index (χ4n) is 5.21. The van der Waals surface area contributed by atoms with Gasteiger partial charge in [-0.3, -0.25) is 0 Å². The van der Waals surface area contributed by atoms with Crippen LogP contribution in [-0.2, 0) is 4.74 Å². The summed E-state index contributed by atoms with van der Waals surface area (Å²) >= 11 is 0. The summed E-state index contributed by atoms with van der Waals surface area (Å²) in [5.41, 5.74) is -2.02. The van der Waals surface area contributed by atoms with E-state index in [9.17, 15) is 25.5 Å². The van der Waals surface area contributed by atoms with Crippen LogP contribution < -0.4 is 0 Å². The molecule has 0 saturated carbocycles. The van der Waals surface area contributed by atoms with Crippen molar-refractivity contribution in [2.45, 2.75) is 106 Å². The van der Waals surface area contributed by atoms with Crippen molar-refractivity contribution in [2.75, 3.05) is 6.61 Å². The third kappa shape index (κ3) is 2.98. The second kappa shape index (κ2) is 6.81. The minimum atomic E-state index is -2.80. The van der Waals surface area contributed by atoms with Crippen molar-refractivity contribution in [2.24, 2.45) is 0 Å². The molecule has 0 aliphatic carbocycles.